The molecule has 2 N–H and O–H groups in total. The predicted octanol–water partition coefficient (Wildman–Crippen LogP) is 2.58. The van der Waals surface area contributed by atoms with Crippen LogP contribution < -0.4 is 15.0 Å². The first-order chi connectivity index (χ1) is 13.8. The van der Waals surface area contributed by atoms with Gasteiger partial charge in [0.25, 0.3) is 0 Å². The van der Waals surface area contributed by atoms with Crippen LogP contribution in [0.5, 0.6) is 5.88 Å². The lowest BCUT2D eigenvalue weighted by atomic mass is 10.1. The Labute approximate surface area is 172 Å². The second-order valence-corrected chi connectivity index (χ2v) is 8.06. The van der Waals surface area contributed by atoms with Crippen LogP contribution in [0.2, 0.25) is 0 Å². The van der Waals surface area contributed by atoms with Crippen molar-refractivity contribution in [1.29, 1.82) is 0 Å². The standard InChI is InChI=1S/C20H33N7O2/c1-13-9-18(25-24-13)21-17-11-19(29-16-7-8-28-12-16)23-20(22-17)27(6)15(3)10-14(2)26(4)5/h9,11,14-16H,7-8,10,12H2,1-6H3,(H2,21,22,23,24,25). The first-order valence-electron chi connectivity index (χ1n) is 10.1. The molecule has 0 saturated carbocycles. The van der Waals surface area contributed by atoms with E-state index < -0.39 is 0 Å². The Hall–Kier alpha value is -2.39. The average molecular weight is 404 g/mol. The molecule has 0 bridgehead atoms. The highest BCUT2D eigenvalue weighted by Gasteiger charge is 2.22. The Morgan fingerprint density at radius 3 is 2.62 bits per heavy atom. The number of rotatable bonds is 9. The summed E-state index contributed by atoms with van der Waals surface area (Å²) in [6.07, 6.45) is 1.89. The van der Waals surface area contributed by atoms with E-state index in [-0.39, 0.29) is 12.1 Å². The van der Waals surface area contributed by atoms with Crippen LogP contribution in [-0.2, 0) is 4.74 Å². The zero-order chi connectivity index (χ0) is 21.0. The third-order valence-electron chi connectivity index (χ3n) is 5.37. The molecule has 160 valence electrons. The Balaban J connectivity index is 1.82. The van der Waals surface area contributed by atoms with Crippen molar-refractivity contribution in [3.63, 3.8) is 0 Å². The Bertz CT molecular complexity index is 789. The topological polar surface area (TPSA) is 91.4 Å². The molecule has 3 unspecified atom stereocenters. The van der Waals surface area contributed by atoms with Gasteiger partial charge in [-0.05, 0) is 41.3 Å². The third-order valence-corrected chi connectivity index (χ3v) is 5.37. The summed E-state index contributed by atoms with van der Waals surface area (Å²) in [7, 11) is 6.22. The molecule has 3 rings (SSSR count). The summed E-state index contributed by atoms with van der Waals surface area (Å²) in [5, 5.41) is 10.4. The van der Waals surface area contributed by atoms with Crippen molar-refractivity contribution in [1.82, 2.24) is 25.1 Å². The number of nitrogens with one attached hydrogen (secondary N) is 2. The fourth-order valence-corrected chi connectivity index (χ4v) is 3.14. The summed E-state index contributed by atoms with van der Waals surface area (Å²) in [4.78, 5) is 13.7. The zero-order valence-corrected chi connectivity index (χ0v) is 18.3. The smallest absolute Gasteiger partial charge is 0.230 e. The van der Waals surface area contributed by atoms with Crippen LogP contribution >= 0.6 is 0 Å². The van der Waals surface area contributed by atoms with Crippen LogP contribution in [0.4, 0.5) is 17.6 Å². The first-order valence-corrected chi connectivity index (χ1v) is 10.1. The molecule has 1 aliphatic rings. The maximum atomic E-state index is 6.07. The number of aromatic nitrogens is 4. The predicted molar refractivity (Wildman–Crippen MR) is 114 cm³/mol. The minimum absolute atomic E-state index is 0.0229. The van der Waals surface area contributed by atoms with Crippen LogP contribution in [0.15, 0.2) is 12.1 Å². The van der Waals surface area contributed by atoms with Crippen molar-refractivity contribution in [2.24, 2.45) is 0 Å². The van der Waals surface area contributed by atoms with E-state index >= 15 is 0 Å². The van der Waals surface area contributed by atoms with Crippen molar-refractivity contribution in [3.8, 4) is 5.88 Å². The van der Waals surface area contributed by atoms with E-state index in [1.54, 1.807) is 0 Å². The average Bonchev–Trinajstić information content (AvgIpc) is 3.32. The van der Waals surface area contributed by atoms with Crippen molar-refractivity contribution in [2.75, 3.05) is 44.6 Å². The number of nitrogens with zero attached hydrogens (tertiary/aromatic N) is 5. The molecule has 0 aromatic carbocycles. The van der Waals surface area contributed by atoms with Crippen LogP contribution in [-0.4, -0.2) is 77.6 Å². The van der Waals surface area contributed by atoms with Crippen molar-refractivity contribution in [2.45, 2.75) is 51.8 Å². The third kappa shape index (κ3) is 5.80. The number of aromatic amines is 1. The molecule has 0 radical (unpaired) electrons. The summed E-state index contributed by atoms with van der Waals surface area (Å²) in [6.45, 7) is 7.68. The molecule has 3 atom stereocenters. The number of ether oxygens (including phenoxy) is 2. The minimum Gasteiger partial charge on any atom is -0.472 e. The maximum absolute atomic E-state index is 6.07. The van der Waals surface area contributed by atoms with Gasteiger partial charge in [0.05, 0.1) is 13.2 Å². The van der Waals surface area contributed by atoms with E-state index in [9.17, 15) is 0 Å². The van der Waals surface area contributed by atoms with Crippen LogP contribution in [0, 0.1) is 6.92 Å². The van der Waals surface area contributed by atoms with Crippen LogP contribution in [0.3, 0.4) is 0 Å². The first kappa shape index (κ1) is 21.3. The molecule has 9 nitrogen and oxygen atoms in total. The van der Waals surface area contributed by atoms with Gasteiger partial charge in [0.15, 0.2) is 5.82 Å². The molecule has 0 spiro atoms. The second kappa shape index (κ2) is 9.41. The summed E-state index contributed by atoms with van der Waals surface area (Å²) < 4.78 is 11.5. The minimum atomic E-state index is 0.0229. The van der Waals surface area contributed by atoms with E-state index in [0.29, 0.717) is 36.1 Å². The summed E-state index contributed by atoms with van der Waals surface area (Å²) in [6, 6.07) is 4.45. The molecule has 9 heteroatoms. The highest BCUT2D eigenvalue weighted by molar-refractivity contribution is 5.55. The monoisotopic (exact) mass is 403 g/mol. The number of H-pyrrole nitrogens is 1. The Morgan fingerprint density at radius 2 is 2.00 bits per heavy atom. The van der Waals surface area contributed by atoms with E-state index in [0.717, 1.165) is 25.1 Å². The van der Waals surface area contributed by atoms with Gasteiger partial charge in [-0.25, -0.2) is 0 Å². The molecule has 2 aromatic rings. The number of hydrogen-bond acceptors (Lipinski definition) is 8. The van der Waals surface area contributed by atoms with E-state index in [1.807, 2.05) is 26.1 Å². The fraction of sp³-hybridized carbons (Fsp3) is 0.650. The second-order valence-electron chi connectivity index (χ2n) is 8.06. The van der Waals surface area contributed by atoms with Gasteiger partial charge in [-0.1, -0.05) is 0 Å². The molecule has 2 aromatic heterocycles. The van der Waals surface area contributed by atoms with Gasteiger partial charge in [-0.2, -0.15) is 15.1 Å². The highest BCUT2D eigenvalue weighted by atomic mass is 16.5. The molecular formula is C20H33N7O2. The summed E-state index contributed by atoms with van der Waals surface area (Å²) in [5.41, 5.74) is 0.977. The van der Waals surface area contributed by atoms with Gasteiger partial charge in [0.1, 0.15) is 11.9 Å². The lowest BCUT2D eigenvalue weighted by molar-refractivity contribution is 0.138. The van der Waals surface area contributed by atoms with Gasteiger partial charge in [0, 0.05) is 43.4 Å². The van der Waals surface area contributed by atoms with Crippen molar-refractivity contribution < 1.29 is 9.47 Å². The Kier molecular flexibility index (Phi) is 6.92. The highest BCUT2D eigenvalue weighted by Crippen LogP contribution is 2.25. The molecular weight excluding hydrogens is 370 g/mol. The van der Waals surface area contributed by atoms with Crippen LogP contribution in [0.25, 0.3) is 0 Å². The molecule has 0 amide bonds. The Morgan fingerprint density at radius 1 is 1.21 bits per heavy atom. The van der Waals surface area contributed by atoms with Gasteiger partial charge >= 0.3 is 0 Å². The molecule has 1 fully saturated rings. The molecule has 1 saturated heterocycles. The van der Waals surface area contributed by atoms with Crippen molar-refractivity contribution >= 4 is 17.6 Å². The lowest BCUT2D eigenvalue weighted by Crippen LogP contribution is -2.37. The molecule has 0 aliphatic carbocycles. The van der Waals surface area contributed by atoms with Gasteiger partial charge in [-0.15, -0.1) is 0 Å². The van der Waals surface area contributed by atoms with Crippen molar-refractivity contribution in [3.05, 3.63) is 17.8 Å². The summed E-state index contributed by atoms with van der Waals surface area (Å²) in [5.74, 6) is 2.52. The summed E-state index contributed by atoms with van der Waals surface area (Å²) >= 11 is 0. The van der Waals surface area contributed by atoms with Gasteiger partial charge in [-0.3, -0.25) is 5.10 Å². The zero-order valence-electron chi connectivity index (χ0n) is 18.3. The van der Waals surface area contributed by atoms with E-state index in [4.69, 9.17) is 14.5 Å². The SMILES string of the molecule is Cc1cc(Nc2cc(OC3CCOC3)nc(N(C)C(C)CC(C)N(C)C)n2)n[nH]1. The van der Waals surface area contributed by atoms with Gasteiger partial charge < -0.3 is 24.6 Å². The molecule has 3 heterocycles. The lowest BCUT2D eigenvalue weighted by Gasteiger charge is -2.30. The van der Waals surface area contributed by atoms with E-state index in [2.05, 4.69) is 58.2 Å². The van der Waals surface area contributed by atoms with Crippen LogP contribution in [0.1, 0.15) is 32.4 Å². The maximum Gasteiger partial charge on any atom is 0.230 e. The molecule has 1 aliphatic heterocycles. The number of hydrogen-bond donors (Lipinski definition) is 2. The van der Waals surface area contributed by atoms with Gasteiger partial charge in [0.2, 0.25) is 11.8 Å². The molecule has 29 heavy (non-hydrogen) atoms. The number of anilines is 3. The normalized spacial score (nSPS) is 18.7. The van der Waals surface area contributed by atoms with E-state index in [1.165, 1.54) is 0 Å². The largest absolute Gasteiger partial charge is 0.472 e. The number of aryl methyl sites for hydroxylation is 1. The quantitative estimate of drug-likeness (QED) is 0.660. The fourth-order valence-electron chi connectivity index (χ4n) is 3.14.